The van der Waals surface area contributed by atoms with Gasteiger partial charge in [-0.05, 0) is 61.3 Å². The number of amides is 1. The molecule has 4 heterocycles. The highest BCUT2D eigenvalue weighted by atomic mass is 35.5. The minimum Gasteiger partial charge on any atom is -0.365 e. The highest BCUT2D eigenvalue weighted by Crippen LogP contribution is 2.30. The van der Waals surface area contributed by atoms with Crippen LogP contribution >= 0.6 is 11.6 Å². The first kappa shape index (κ1) is 22.8. The Morgan fingerprint density at radius 3 is 2.89 bits per heavy atom. The van der Waals surface area contributed by atoms with Crippen LogP contribution in [-0.4, -0.2) is 32.0 Å². The summed E-state index contributed by atoms with van der Waals surface area (Å²) in [5.74, 6) is 0.416. The second kappa shape index (κ2) is 9.43. The molecule has 3 N–H and O–H groups in total. The van der Waals surface area contributed by atoms with Gasteiger partial charge in [-0.25, -0.2) is 4.98 Å². The normalized spacial score (nSPS) is 18.6. The molecule has 0 saturated heterocycles. The van der Waals surface area contributed by atoms with Crippen LogP contribution in [0.2, 0.25) is 5.15 Å². The van der Waals surface area contributed by atoms with E-state index < -0.39 is 6.04 Å². The van der Waals surface area contributed by atoms with E-state index in [4.69, 9.17) is 11.6 Å². The Bertz CT molecular complexity index is 1480. The summed E-state index contributed by atoms with van der Waals surface area (Å²) in [5.41, 5.74) is 4.95. The largest absolute Gasteiger partial charge is 0.365 e. The van der Waals surface area contributed by atoms with E-state index >= 15 is 0 Å². The fraction of sp³-hybridized carbons (Fsp3) is 0.333. The summed E-state index contributed by atoms with van der Waals surface area (Å²) in [7, 11) is 0. The lowest BCUT2D eigenvalue weighted by Crippen LogP contribution is -2.37. The average Bonchev–Trinajstić information content (AvgIpc) is 3.53. The molecule has 8 nitrogen and oxygen atoms in total. The average molecular weight is 503 g/mol. The maximum absolute atomic E-state index is 13.4. The number of aryl methyl sites for hydroxylation is 1. The third kappa shape index (κ3) is 4.26. The number of nitrogens with zero attached hydrogens (tertiary/aromatic N) is 3. The standard InChI is InChI=1S/C27H27ClN6O2/c28-24-22-7-8-23(26(35)31-15-20-12-19-14-29-10-9-21(19)32-20)34(22)27(36)25(33-24)30-13-16-5-6-17-3-1-2-4-18(17)11-16/h1-4,9-10,12,14,16,23,32H,5-8,11,13,15H2,(H,30,33)(H,31,35)/t16?,23-/m0/s1. The molecule has 0 radical (unpaired) electrons. The number of fused-ring (bicyclic) bond motifs is 3. The first-order chi connectivity index (χ1) is 17.6. The molecule has 1 aliphatic carbocycles. The Morgan fingerprint density at radius 2 is 2.03 bits per heavy atom. The number of anilines is 1. The number of rotatable bonds is 6. The Hall–Kier alpha value is -3.65. The second-order valence-corrected chi connectivity index (χ2v) is 10.0. The number of benzene rings is 1. The predicted octanol–water partition coefficient (Wildman–Crippen LogP) is 3.79. The molecular weight excluding hydrogens is 476 g/mol. The highest BCUT2D eigenvalue weighted by Gasteiger charge is 2.33. The van der Waals surface area contributed by atoms with E-state index in [9.17, 15) is 9.59 Å². The zero-order valence-electron chi connectivity index (χ0n) is 19.8. The number of carbonyl (C=O) groups is 1. The van der Waals surface area contributed by atoms with Crippen molar-refractivity contribution in [2.75, 3.05) is 11.9 Å². The SMILES string of the molecule is O=C(NCc1cc2cnccc2[nH]1)[C@@H]1CCc2c(Cl)nc(NCC3CCc4ccccc4C3)c(=O)n21. The maximum Gasteiger partial charge on any atom is 0.294 e. The van der Waals surface area contributed by atoms with Crippen LogP contribution in [0.25, 0.3) is 10.9 Å². The molecule has 2 aliphatic rings. The Balaban J connectivity index is 1.16. The van der Waals surface area contributed by atoms with Crippen LogP contribution in [0.1, 0.15) is 41.4 Å². The van der Waals surface area contributed by atoms with E-state index in [2.05, 4.69) is 49.9 Å². The molecule has 184 valence electrons. The third-order valence-corrected chi connectivity index (χ3v) is 7.67. The lowest BCUT2D eigenvalue weighted by molar-refractivity contribution is -0.124. The number of pyridine rings is 1. The van der Waals surface area contributed by atoms with Gasteiger partial charge < -0.3 is 15.6 Å². The number of hydrogen-bond acceptors (Lipinski definition) is 5. The van der Waals surface area contributed by atoms with E-state index in [1.165, 1.54) is 15.7 Å². The summed E-state index contributed by atoms with van der Waals surface area (Å²) < 4.78 is 1.53. The molecule has 9 heteroatoms. The van der Waals surface area contributed by atoms with Gasteiger partial charge in [0.1, 0.15) is 6.04 Å². The molecule has 2 atom stereocenters. The van der Waals surface area contributed by atoms with Crippen molar-refractivity contribution in [2.24, 2.45) is 5.92 Å². The van der Waals surface area contributed by atoms with E-state index in [0.717, 1.165) is 35.9 Å². The smallest absolute Gasteiger partial charge is 0.294 e. The van der Waals surface area contributed by atoms with Gasteiger partial charge >= 0.3 is 0 Å². The molecule has 0 fully saturated rings. The molecule has 1 amide bonds. The Kier molecular flexibility index (Phi) is 5.97. The zero-order chi connectivity index (χ0) is 24.6. The van der Waals surface area contributed by atoms with Gasteiger partial charge in [-0.1, -0.05) is 35.9 Å². The third-order valence-electron chi connectivity index (χ3n) is 7.37. The topological polar surface area (TPSA) is 105 Å². The first-order valence-corrected chi connectivity index (χ1v) is 12.8. The lowest BCUT2D eigenvalue weighted by Gasteiger charge is -2.25. The van der Waals surface area contributed by atoms with Crippen LogP contribution in [0.5, 0.6) is 0 Å². The van der Waals surface area contributed by atoms with Crippen molar-refractivity contribution in [1.82, 2.24) is 24.8 Å². The van der Waals surface area contributed by atoms with Crippen LogP contribution < -0.4 is 16.2 Å². The Labute approximate surface area is 213 Å². The maximum atomic E-state index is 13.4. The van der Waals surface area contributed by atoms with Gasteiger partial charge in [0.05, 0.1) is 12.2 Å². The van der Waals surface area contributed by atoms with Crippen molar-refractivity contribution >= 4 is 34.2 Å². The Morgan fingerprint density at radius 1 is 1.17 bits per heavy atom. The van der Waals surface area contributed by atoms with Crippen molar-refractivity contribution < 1.29 is 4.79 Å². The number of hydrogen-bond donors (Lipinski definition) is 3. The molecule has 6 rings (SSSR count). The first-order valence-electron chi connectivity index (χ1n) is 12.4. The minimum atomic E-state index is -0.610. The molecule has 4 aromatic rings. The van der Waals surface area contributed by atoms with Crippen molar-refractivity contribution in [3.05, 3.63) is 86.8 Å². The summed E-state index contributed by atoms with van der Waals surface area (Å²) >= 11 is 6.47. The van der Waals surface area contributed by atoms with Crippen molar-refractivity contribution in [1.29, 1.82) is 0 Å². The number of aromatic amines is 1. The summed E-state index contributed by atoms with van der Waals surface area (Å²) in [5, 5.41) is 7.48. The monoisotopic (exact) mass is 502 g/mol. The number of halogens is 1. The molecule has 1 unspecified atom stereocenters. The van der Waals surface area contributed by atoms with Gasteiger partial charge in [0.15, 0.2) is 11.0 Å². The van der Waals surface area contributed by atoms with Crippen LogP contribution in [0.4, 0.5) is 5.82 Å². The summed E-state index contributed by atoms with van der Waals surface area (Å²) in [6, 6.07) is 11.8. The van der Waals surface area contributed by atoms with Gasteiger partial charge in [-0.3, -0.25) is 19.1 Å². The predicted molar refractivity (Wildman–Crippen MR) is 139 cm³/mol. The van der Waals surface area contributed by atoms with Gasteiger partial charge in [-0.15, -0.1) is 0 Å². The second-order valence-electron chi connectivity index (χ2n) is 9.66. The fourth-order valence-electron chi connectivity index (χ4n) is 5.48. The van der Waals surface area contributed by atoms with Gasteiger partial charge in [0.2, 0.25) is 5.91 Å². The summed E-state index contributed by atoms with van der Waals surface area (Å²) in [6.07, 6.45) is 7.62. The van der Waals surface area contributed by atoms with Crippen LogP contribution in [0.3, 0.4) is 0 Å². The van der Waals surface area contributed by atoms with Gasteiger partial charge in [0.25, 0.3) is 5.56 Å². The van der Waals surface area contributed by atoms with Crippen LogP contribution in [0, 0.1) is 5.92 Å². The van der Waals surface area contributed by atoms with E-state index in [1.54, 1.807) is 12.4 Å². The number of carbonyl (C=O) groups excluding carboxylic acids is 1. The van der Waals surface area contributed by atoms with Crippen LogP contribution in [-0.2, 0) is 30.6 Å². The summed E-state index contributed by atoms with van der Waals surface area (Å²) in [4.78, 5) is 38.3. The van der Waals surface area contributed by atoms with Crippen LogP contribution in [0.15, 0.2) is 53.6 Å². The molecule has 1 aliphatic heterocycles. The molecular formula is C27H27ClN6O2. The van der Waals surface area contributed by atoms with E-state index in [-0.39, 0.29) is 22.4 Å². The van der Waals surface area contributed by atoms with E-state index in [0.29, 0.717) is 37.5 Å². The zero-order valence-corrected chi connectivity index (χ0v) is 20.5. The minimum absolute atomic E-state index is 0.204. The lowest BCUT2D eigenvalue weighted by atomic mass is 9.84. The summed E-state index contributed by atoms with van der Waals surface area (Å²) in [6.45, 7) is 0.972. The molecule has 3 aromatic heterocycles. The van der Waals surface area contributed by atoms with Gasteiger partial charge in [0, 0.05) is 35.5 Å². The van der Waals surface area contributed by atoms with Gasteiger partial charge in [-0.2, -0.15) is 0 Å². The highest BCUT2D eigenvalue weighted by molar-refractivity contribution is 6.30. The molecule has 36 heavy (non-hydrogen) atoms. The molecule has 0 spiro atoms. The quantitative estimate of drug-likeness (QED) is 0.372. The van der Waals surface area contributed by atoms with E-state index in [1.807, 2.05) is 12.1 Å². The molecule has 0 bridgehead atoms. The molecule has 1 aromatic carbocycles. The van der Waals surface area contributed by atoms with Crippen molar-refractivity contribution in [2.45, 2.75) is 44.7 Å². The number of aromatic nitrogens is 4. The van der Waals surface area contributed by atoms with Crippen molar-refractivity contribution in [3.63, 3.8) is 0 Å². The van der Waals surface area contributed by atoms with Crippen molar-refractivity contribution in [3.8, 4) is 0 Å². The fourth-order valence-corrected chi connectivity index (χ4v) is 5.75. The number of H-pyrrole nitrogens is 1. The molecule has 0 saturated carbocycles. The number of nitrogens with one attached hydrogen (secondary N) is 3.